The molecular formula is C22H21ClN2O5S. The van der Waals surface area contributed by atoms with Gasteiger partial charge in [-0.2, -0.15) is 0 Å². The lowest BCUT2D eigenvalue weighted by molar-refractivity contribution is -0.118. The summed E-state index contributed by atoms with van der Waals surface area (Å²) < 4.78 is 11.2. The fraction of sp³-hybridized carbons (Fsp3) is 0.318. The second kappa shape index (κ2) is 9.62. The number of halogens is 1. The maximum absolute atomic E-state index is 12.1. The predicted molar refractivity (Wildman–Crippen MR) is 117 cm³/mol. The Morgan fingerprint density at radius 2 is 1.97 bits per heavy atom. The molecule has 0 bridgehead atoms. The third kappa shape index (κ3) is 5.51. The number of rotatable bonds is 8. The molecule has 2 aliphatic heterocycles. The molecule has 2 fully saturated rings. The van der Waals surface area contributed by atoms with Gasteiger partial charge in [-0.25, -0.2) is 4.79 Å². The first-order valence-electron chi connectivity index (χ1n) is 9.92. The van der Waals surface area contributed by atoms with Crippen molar-refractivity contribution in [3.63, 3.8) is 0 Å². The lowest BCUT2D eigenvalue weighted by atomic mass is 10.1. The van der Waals surface area contributed by atoms with Crippen molar-refractivity contribution in [2.24, 2.45) is 0 Å². The quantitative estimate of drug-likeness (QED) is 0.594. The number of amides is 3. The van der Waals surface area contributed by atoms with E-state index in [1.165, 1.54) is 0 Å². The normalized spacial score (nSPS) is 20.7. The molecule has 162 valence electrons. The molecule has 0 aromatic heterocycles. The Kier molecular flexibility index (Phi) is 6.67. The SMILES string of the molecule is O=C1NC(=O)C(Cc2ccc(OCCCN3CC(c4cccc(Cl)c4)OC3=O)cc2)S1. The van der Waals surface area contributed by atoms with Crippen molar-refractivity contribution in [1.82, 2.24) is 10.2 Å². The summed E-state index contributed by atoms with van der Waals surface area (Å²) in [6.45, 7) is 1.49. The summed E-state index contributed by atoms with van der Waals surface area (Å²) in [5.41, 5.74) is 1.85. The van der Waals surface area contributed by atoms with Gasteiger partial charge in [0, 0.05) is 11.6 Å². The van der Waals surface area contributed by atoms with Gasteiger partial charge in [-0.1, -0.05) is 47.6 Å². The molecule has 31 heavy (non-hydrogen) atoms. The Balaban J connectivity index is 1.20. The van der Waals surface area contributed by atoms with E-state index in [4.69, 9.17) is 21.1 Å². The van der Waals surface area contributed by atoms with E-state index >= 15 is 0 Å². The molecule has 0 spiro atoms. The first-order chi connectivity index (χ1) is 15.0. The number of imide groups is 1. The smallest absolute Gasteiger partial charge is 0.410 e. The van der Waals surface area contributed by atoms with Gasteiger partial charge in [0.05, 0.1) is 18.4 Å². The molecule has 9 heteroatoms. The molecule has 2 aromatic rings. The summed E-state index contributed by atoms with van der Waals surface area (Å²) in [7, 11) is 0. The minimum atomic E-state index is -0.379. The van der Waals surface area contributed by atoms with E-state index in [9.17, 15) is 14.4 Å². The lowest BCUT2D eigenvalue weighted by Gasteiger charge is -2.13. The van der Waals surface area contributed by atoms with Gasteiger partial charge in [-0.15, -0.1) is 0 Å². The zero-order chi connectivity index (χ0) is 21.8. The van der Waals surface area contributed by atoms with Crippen LogP contribution in [0, 0.1) is 0 Å². The Hall–Kier alpha value is -2.71. The molecule has 0 aliphatic carbocycles. The summed E-state index contributed by atoms with van der Waals surface area (Å²) >= 11 is 7.04. The highest BCUT2D eigenvalue weighted by Crippen LogP contribution is 2.28. The predicted octanol–water partition coefficient (Wildman–Crippen LogP) is 4.20. The number of cyclic esters (lactones) is 1. The molecule has 4 rings (SSSR count). The maximum atomic E-state index is 12.1. The first-order valence-corrected chi connectivity index (χ1v) is 11.2. The molecule has 2 aromatic carbocycles. The van der Waals surface area contributed by atoms with Gasteiger partial charge in [0.15, 0.2) is 0 Å². The summed E-state index contributed by atoms with van der Waals surface area (Å²) in [6.07, 6.45) is 0.518. The van der Waals surface area contributed by atoms with Crippen molar-refractivity contribution in [1.29, 1.82) is 0 Å². The molecule has 3 amide bonds. The zero-order valence-electron chi connectivity index (χ0n) is 16.6. The van der Waals surface area contributed by atoms with Crippen molar-refractivity contribution in [2.45, 2.75) is 24.2 Å². The molecule has 2 heterocycles. The Morgan fingerprint density at radius 3 is 2.68 bits per heavy atom. The van der Waals surface area contributed by atoms with E-state index < -0.39 is 0 Å². The Labute approximate surface area is 189 Å². The topological polar surface area (TPSA) is 84.9 Å². The second-order valence-electron chi connectivity index (χ2n) is 7.31. The Morgan fingerprint density at radius 1 is 1.16 bits per heavy atom. The first kappa shape index (κ1) is 21.5. The Bertz CT molecular complexity index is 984. The van der Waals surface area contributed by atoms with Gasteiger partial charge in [-0.05, 0) is 48.2 Å². The number of ether oxygens (including phenoxy) is 2. The van der Waals surface area contributed by atoms with Crippen molar-refractivity contribution >= 4 is 40.6 Å². The van der Waals surface area contributed by atoms with E-state index in [0.717, 1.165) is 22.9 Å². The van der Waals surface area contributed by atoms with Gasteiger partial charge in [0.2, 0.25) is 5.91 Å². The highest BCUT2D eigenvalue weighted by Gasteiger charge is 2.32. The van der Waals surface area contributed by atoms with Crippen molar-refractivity contribution in [3.8, 4) is 5.75 Å². The number of benzene rings is 2. The van der Waals surface area contributed by atoms with E-state index in [1.807, 2.05) is 42.5 Å². The number of carbonyl (C=O) groups excluding carboxylic acids is 3. The number of carbonyl (C=O) groups is 3. The number of nitrogens with zero attached hydrogens (tertiary/aromatic N) is 1. The minimum absolute atomic E-state index is 0.242. The molecule has 1 N–H and O–H groups in total. The van der Waals surface area contributed by atoms with Crippen LogP contribution < -0.4 is 10.1 Å². The number of thioether (sulfide) groups is 1. The van der Waals surface area contributed by atoms with E-state index in [0.29, 0.717) is 43.3 Å². The van der Waals surface area contributed by atoms with E-state index in [2.05, 4.69) is 5.32 Å². The number of hydrogen-bond acceptors (Lipinski definition) is 6. The van der Waals surface area contributed by atoms with Crippen molar-refractivity contribution in [3.05, 3.63) is 64.7 Å². The molecule has 0 saturated carbocycles. The maximum Gasteiger partial charge on any atom is 0.410 e. The van der Waals surface area contributed by atoms with Crippen LogP contribution in [0.3, 0.4) is 0 Å². The third-order valence-corrected chi connectivity index (χ3v) is 6.28. The highest BCUT2D eigenvalue weighted by atomic mass is 35.5. The molecular weight excluding hydrogens is 440 g/mol. The standard InChI is InChI=1S/C22H21ClN2O5S/c23-16-4-1-3-15(12-16)18-13-25(22(28)30-18)9-2-10-29-17-7-5-14(6-8-17)11-19-20(26)24-21(27)31-19/h1,3-8,12,18-19H,2,9-11,13H2,(H,24,26,27). The van der Waals surface area contributed by atoms with Crippen LogP contribution in [0.2, 0.25) is 5.02 Å². The van der Waals surface area contributed by atoms with E-state index in [-0.39, 0.29) is 28.6 Å². The largest absolute Gasteiger partial charge is 0.494 e. The zero-order valence-corrected chi connectivity index (χ0v) is 18.2. The lowest BCUT2D eigenvalue weighted by Crippen LogP contribution is -2.26. The second-order valence-corrected chi connectivity index (χ2v) is 8.92. The van der Waals surface area contributed by atoms with E-state index in [1.54, 1.807) is 11.0 Å². The summed E-state index contributed by atoms with van der Waals surface area (Å²) in [4.78, 5) is 36.7. The van der Waals surface area contributed by atoms with Gasteiger partial charge >= 0.3 is 6.09 Å². The summed E-state index contributed by atoms with van der Waals surface area (Å²) in [5.74, 6) is 0.470. The molecule has 2 aliphatic rings. The minimum Gasteiger partial charge on any atom is -0.494 e. The van der Waals surface area contributed by atoms with Crippen LogP contribution in [0.15, 0.2) is 48.5 Å². The highest BCUT2D eigenvalue weighted by molar-refractivity contribution is 8.15. The third-order valence-electron chi connectivity index (χ3n) is 5.06. The van der Waals surface area contributed by atoms with Gasteiger partial charge in [-0.3, -0.25) is 14.9 Å². The summed E-state index contributed by atoms with van der Waals surface area (Å²) in [5, 5.41) is 2.23. The van der Waals surface area contributed by atoms with Gasteiger partial charge in [0.1, 0.15) is 11.9 Å². The molecule has 2 atom stereocenters. The fourth-order valence-corrected chi connectivity index (χ4v) is 4.54. The van der Waals surface area contributed by atoms with Crippen LogP contribution in [0.1, 0.15) is 23.7 Å². The molecule has 2 saturated heterocycles. The summed E-state index contributed by atoms with van der Waals surface area (Å²) in [6, 6.07) is 14.8. The van der Waals surface area contributed by atoms with Crippen molar-refractivity contribution < 1.29 is 23.9 Å². The molecule has 0 radical (unpaired) electrons. The van der Waals surface area contributed by atoms with Crippen LogP contribution in [-0.2, 0) is 16.0 Å². The van der Waals surface area contributed by atoms with Crippen LogP contribution in [-0.4, -0.2) is 47.1 Å². The van der Waals surface area contributed by atoms with Crippen molar-refractivity contribution in [2.75, 3.05) is 19.7 Å². The van der Waals surface area contributed by atoms with Crippen LogP contribution in [0.25, 0.3) is 0 Å². The van der Waals surface area contributed by atoms with Crippen LogP contribution >= 0.6 is 23.4 Å². The molecule has 2 unspecified atom stereocenters. The monoisotopic (exact) mass is 460 g/mol. The van der Waals surface area contributed by atoms with Crippen LogP contribution in [0.5, 0.6) is 5.75 Å². The average Bonchev–Trinajstić information content (AvgIpc) is 3.27. The number of nitrogens with one attached hydrogen (secondary N) is 1. The number of hydrogen-bond donors (Lipinski definition) is 1. The molecule has 7 nitrogen and oxygen atoms in total. The average molecular weight is 461 g/mol. The van der Waals surface area contributed by atoms with Gasteiger partial charge in [0.25, 0.3) is 5.24 Å². The van der Waals surface area contributed by atoms with Crippen LogP contribution in [0.4, 0.5) is 9.59 Å². The fourth-order valence-electron chi connectivity index (χ4n) is 3.48. The van der Waals surface area contributed by atoms with Gasteiger partial charge < -0.3 is 14.4 Å².